The second kappa shape index (κ2) is 8.04. The van der Waals surface area contributed by atoms with E-state index in [1.807, 2.05) is 31.6 Å². The Morgan fingerprint density at radius 1 is 1.13 bits per heavy atom. The first kappa shape index (κ1) is 19.0. The molecule has 1 aliphatic heterocycles. The zero-order chi connectivity index (χ0) is 20.5. The van der Waals surface area contributed by atoms with Gasteiger partial charge in [0.1, 0.15) is 11.6 Å². The van der Waals surface area contributed by atoms with Gasteiger partial charge >= 0.3 is 0 Å². The number of pyridine rings is 1. The summed E-state index contributed by atoms with van der Waals surface area (Å²) in [6.07, 6.45) is 8.13. The fourth-order valence-electron chi connectivity index (χ4n) is 3.92. The van der Waals surface area contributed by atoms with Gasteiger partial charge < -0.3 is 9.73 Å². The number of carbonyl (C=O) groups is 1. The number of hydrogen-bond acceptors (Lipinski definition) is 6. The monoisotopic (exact) mass is 406 g/mol. The van der Waals surface area contributed by atoms with E-state index in [0.717, 1.165) is 49.9 Å². The Morgan fingerprint density at radius 3 is 2.63 bits per heavy atom. The summed E-state index contributed by atoms with van der Waals surface area (Å²) in [5, 5.41) is 6.92. The average molecular weight is 406 g/mol. The third-order valence-corrected chi connectivity index (χ3v) is 5.76. The smallest absolute Gasteiger partial charge is 0.292 e. The van der Waals surface area contributed by atoms with E-state index >= 15 is 0 Å². The third-order valence-electron chi connectivity index (χ3n) is 5.76. The van der Waals surface area contributed by atoms with E-state index in [1.165, 1.54) is 12.8 Å². The van der Waals surface area contributed by atoms with Crippen LogP contribution in [-0.4, -0.2) is 62.7 Å². The second-order valence-corrected chi connectivity index (χ2v) is 8.12. The minimum atomic E-state index is -0.318. The fraction of sp³-hybridized carbons (Fsp3) is 0.409. The lowest BCUT2D eigenvalue weighted by atomic mass is 10.2. The van der Waals surface area contributed by atoms with Crippen LogP contribution in [0.3, 0.4) is 0 Å². The standard InChI is InChI=1S/C22H26N6O2/c1-26-15-17(13-24-26)19-5-6-20(30-19)22(29)25-21-7-2-16(12-23-21)14-27-8-10-28(11-9-27)18-3-4-18/h2,5-7,12-13,15,18H,3-4,8-11,14H2,1H3,(H,23,25,29). The zero-order valence-corrected chi connectivity index (χ0v) is 17.1. The third kappa shape index (κ3) is 4.29. The highest BCUT2D eigenvalue weighted by molar-refractivity contribution is 6.02. The summed E-state index contributed by atoms with van der Waals surface area (Å²) >= 11 is 0. The lowest BCUT2D eigenvalue weighted by molar-refractivity contribution is 0.0997. The number of aryl methyl sites for hydroxylation is 1. The summed E-state index contributed by atoms with van der Waals surface area (Å²) in [6, 6.07) is 8.16. The van der Waals surface area contributed by atoms with Gasteiger partial charge in [0.2, 0.25) is 0 Å². The minimum absolute atomic E-state index is 0.244. The predicted octanol–water partition coefficient (Wildman–Crippen LogP) is 2.61. The van der Waals surface area contributed by atoms with Crippen molar-refractivity contribution in [3.8, 4) is 11.3 Å². The van der Waals surface area contributed by atoms with Crippen LogP contribution in [0.15, 0.2) is 47.3 Å². The van der Waals surface area contributed by atoms with Gasteiger partial charge in [-0.3, -0.25) is 19.3 Å². The average Bonchev–Trinajstić information content (AvgIpc) is 3.32. The highest BCUT2D eigenvalue weighted by atomic mass is 16.4. The summed E-state index contributed by atoms with van der Waals surface area (Å²) in [7, 11) is 1.84. The number of carbonyl (C=O) groups excluding carboxylic acids is 1. The van der Waals surface area contributed by atoms with Crippen LogP contribution in [0.2, 0.25) is 0 Å². The van der Waals surface area contributed by atoms with Crippen LogP contribution < -0.4 is 5.32 Å². The Hall–Kier alpha value is -2.97. The van der Waals surface area contributed by atoms with Gasteiger partial charge in [-0.1, -0.05) is 6.07 Å². The Kier molecular flexibility index (Phi) is 5.10. The van der Waals surface area contributed by atoms with E-state index in [0.29, 0.717) is 11.6 Å². The van der Waals surface area contributed by atoms with Crippen molar-refractivity contribution >= 4 is 11.7 Å². The van der Waals surface area contributed by atoms with Crippen molar-refractivity contribution in [3.05, 3.63) is 54.2 Å². The number of piperazine rings is 1. The number of amides is 1. The van der Waals surface area contributed by atoms with Gasteiger partial charge in [0, 0.05) is 58.2 Å². The van der Waals surface area contributed by atoms with E-state index < -0.39 is 0 Å². The molecule has 5 rings (SSSR count). The molecule has 1 saturated heterocycles. The van der Waals surface area contributed by atoms with Gasteiger partial charge in [0.05, 0.1) is 11.8 Å². The molecule has 1 amide bonds. The van der Waals surface area contributed by atoms with Crippen molar-refractivity contribution in [1.29, 1.82) is 0 Å². The lowest BCUT2D eigenvalue weighted by Crippen LogP contribution is -2.46. The summed E-state index contributed by atoms with van der Waals surface area (Å²) in [6.45, 7) is 5.43. The second-order valence-electron chi connectivity index (χ2n) is 8.12. The van der Waals surface area contributed by atoms with Gasteiger partial charge in [-0.05, 0) is 36.6 Å². The van der Waals surface area contributed by atoms with E-state index in [1.54, 1.807) is 23.0 Å². The molecule has 2 aliphatic rings. The first-order valence-corrected chi connectivity index (χ1v) is 10.5. The Balaban J connectivity index is 1.15. The van der Waals surface area contributed by atoms with Crippen molar-refractivity contribution in [2.45, 2.75) is 25.4 Å². The van der Waals surface area contributed by atoms with Crippen LogP contribution >= 0.6 is 0 Å². The van der Waals surface area contributed by atoms with Gasteiger partial charge in [0.25, 0.3) is 5.91 Å². The van der Waals surface area contributed by atoms with E-state index in [9.17, 15) is 4.79 Å². The van der Waals surface area contributed by atoms with E-state index in [2.05, 4.69) is 25.2 Å². The van der Waals surface area contributed by atoms with Crippen molar-refractivity contribution in [2.75, 3.05) is 31.5 Å². The predicted molar refractivity (Wildman–Crippen MR) is 113 cm³/mol. The van der Waals surface area contributed by atoms with E-state index in [4.69, 9.17) is 4.42 Å². The van der Waals surface area contributed by atoms with Gasteiger partial charge in [-0.15, -0.1) is 0 Å². The van der Waals surface area contributed by atoms with Crippen LogP contribution in [0, 0.1) is 0 Å². The van der Waals surface area contributed by atoms with Crippen LogP contribution in [0.4, 0.5) is 5.82 Å². The first-order chi connectivity index (χ1) is 14.6. The molecule has 0 spiro atoms. The molecule has 0 aromatic carbocycles. The maximum Gasteiger partial charge on any atom is 0.292 e. The number of furan rings is 1. The summed E-state index contributed by atoms with van der Waals surface area (Å²) in [4.78, 5) is 22.0. The highest BCUT2D eigenvalue weighted by Gasteiger charge is 2.31. The molecule has 2 fully saturated rings. The first-order valence-electron chi connectivity index (χ1n) is 10.5. The molecule has 3 aromatic heterocycles. The molecule has 1 saturated carbocycles. The molecule has 156 valence electrons. The molecule has 3 aromatic rings. The van der Waals surface area contributed by atoms with Crippen LogP contribution in [0.5, 0.6) is 0 Å². The number of nitrogens with one attached hydrogen (secondary N) is 1. The normalized spacial score (nSPS) is 17.9. The Morgan fingerprint density at radius 2 is 1.97 bits per heavy atom. The molecule has 8 nitrogen and oxygen atoms in total. The molecule has 0 radical (unpaired) electrons. The fourth-order valence-corrected chi connectivity index (χ4v) is 3.92. The quantitative estimate of drug-likeness (QED) is 0.678. The van der Waals surface area contributed by atoms with Crippen molar-refractivity contribution < 1.29 is 9.21 Å². The molecule has 1 aliphatic carbocycles. The zero-order valence-electron chi connectivity index (χ0n) is 17.1. The summed E-state index contributed by atoms with van der Waals surface area (Å²) in [5.74, 6) is 1.05. The van der Waals surface area contributed by atoms with Gasteiger partial charge in [-0.2, -0.15) is 5.10 Å². The SMILES string of the molecule is Cn1cc(-c2ccc(C(=O)Nc3ccc(CN4CCN(C5CC5)CC4)cn3)o2)cn1. The molecule has 1 N–H and O–H groups in total. The molecular weight excluding hydrogens is 380 g/mol. The number of nitrogens with zero attached hydrogens (tertiary/aromatic N) is 5. The highest BCUT2D eigenvalue weighted by Crippen LogP contribution is 2.27. The Bertz CT molecular complexity index is 1010. The molecular formula is C22H26N6O2. The maximum atomic E-state index is 12.5. The molecule has 4 heterocycles. The van der Waals surface area contributed by atoms with Crippen LogP contribution in [-0.2, 0) is 13.6 Å². The topological polar surface area (TPSA) is 79.4 Å². The molecule has 0 atom stereocenters. The molecule has 8 heteroatoms. The van der Waals surface area contributed by atoms with Crippen molar-refractivity contribution in [3.63, 3.8) is 0 Å². The number of aromatic nitrogens is 3. The van der Waals surface area contributed by atoms with Crippen molar-refractivity contribution in [1.82, 2.24) is 24.6 Å². The Labute approximate surface area is 175 Å². The van der Waals surface area contributed by atoms with E-state index in [-0.39, 0.29) is 11.7 Å². The largest absolute Gasteiger partial charge is 0.451 e. The number of hydrogen-bond donors (Lipinski definition) is 1. The van der Waals surface area contributed by atoms with Crippen LogP contribution in [0.1, 0.15) is 29.0 Å². The molecule has 0 bridgehead atoms. The lowest BCUT2D eigenvalue weighted by Gasteiger charge is -2.34. The summed E-state index contributed by atoms with van der Waals surface area (Å²) in [5.41, 5.74) is 1.99. The van der Waals surface area contributed by atoms with Gasteiger partial charge in [-0.25, -0.2) is 4.98 Å². The minimum Gasteiger partial charge on any atom is -0.451 e. The van der Waals surface area contributed by atoms with Crippen molar-refractivity contribution in [2.24, 2.45) is 7.05 Å². The molecule has 30 heavy (non-hydrogen) atoms. The molecule has 0 unspecified atom stereocenters. The number of rotatable bonds is 6. The van der Waals surface area contributed by atoms with Gasteiger partial charge in [0.15, 0.2) is 5.76 Å². The maximum absolute atomic E-state index is 12.5. The number of anilines is 1. The van der Waals surface area contributed by atoms with Crippen LogP contribution in [0.25, 0.3) is 11.3 Å². The summed E-state index contributed by atoms with van der Waals surface area (Å²) < 4.78 is 7.36.